The van der Waals surface area contributed by atoms with E-state index in [1.54, 1.807) is 23.3 Å². The van der Waals surface area contributed by atoms with Crippen LogP contribution in [0.4, 0.5) is 9.59 Å². The van der Waals surface area contributed by atoms with Crippen molar-refractivity contribution >= 4 is 12.1 Å². The van der Waals surface area contributed by atoms with Crippen molar-refractivity contribution < 1.29 is 33.1 Å². The number of ether oxygens (including phenoxy) is 4. The van der Waals surface area contributed by atoms with Crippen molar-refractivity contribution in [1.82, 2.24) is 15.2 Å². The summed E-state index contributed by atoms with van der Waals surface area (Å²) in [6.45, 7) is 4.35. The highest BCUT2D eigenvalue weighted by Gasteiger charge is 2.28. The number of benzene rings is 2. The molecule has 40 heavy (non-hydrogen) atoms. The lowest BCUT2D eigenvalue weighted by Crippen LogP contribution is -2.31. The predicted octanol–water partition coefficient (Wildman–Crippen LogP) is 3.24. The third kappa shape index (κ3) is 8.64. The Morgan fingerprint density at radius 2 is 1.35 bits per heavy atom. The number of alkyl carbamates (subject to hydrolysis) is 1. The lowest BCUT2D eigenvalue weighted by molar-refractivity contribution is -0.670. The molecule has 4 rings (SSSR count). The number of nitrogens with one attached hydrogen (secondary N) is 2. The van der Waals surface area contributed by atoms with Gasteiger partial charge in [0.15, 0.2) is 0 Å². The molecule has 2 amide bonds. The summed E-state index contributed by atoms with van der Waals surface area (Å²) < 4.78 is 25.4. The summed E-state index contributed by atoms with van der Waals surface area (Å²) in [4.78, 5) is 24.1. The van der Waals surface area contributed by atoms with Crippen molar-refractivity contribution in [3.63, 3.8) is 0 Å². The highest BCUT2D eigenvalue weighted by Crippen LogP contribution is 2.44. The lowest BCUT2D eigenvalue weighted by atomic mass is 9.98. The molecule has 2 aromatic carbocycles. The fourth-order valence-corrected chi connectivity index (χ4v) is 4.59. The van der Waals surface area contributed by atoms with E-state index >= 15 is 0 Å². The maximum Gasteiger partial charge on any atom is 0.413 e. The smallest absolute Gasteiger partial charge is 0.413 e. The van der Waals surface area contributed by atoms with Crippen molar-refractivity contribution in [2.24, 2.45) is 7.05 Å². The third-order valence-electron chi connectivity index (χ3n) is 6.57. The summed E-state index contributed by atoms with van der Waals surface area (Å²) in [5.41, 5.74) is 4.81. The first-order valence-corrected chi connectivity index (χ1v) is 13.8. The average molecular weight is 552 g/mol. The molecule has 1 aliphatic rings. The molecule has 10 heteroatoms. The highest BCUT2D eigenvalue weighted by atomic mass is 16.6. The van der Waals surface area contributed by atoms with Gasteiger partial charge in [-0.1, -0.05) is 48.5 Å². The third-order valence-corrected chi connectivity index (χ3v) is 6.57. The summed E-state index contributed by atoms with van der Waals surface area (Å²) in [7, 11) is 1.86. The van der Waals surface area contributed by atoms with Crippen LogP contribution in [0.3, 0.4) is 0 Å². The number of amides is 2. The Bertz CT molecular complexity index is 1180. The molecule has 1 aliphatic carbocycles. The Labute approximate surface area is 235 Å². The second-order valence-electron chi connectivity index (χ2n) is 9.51. The van der Waals surface area contributed by atoms with E-state index < -0.39 is 6.09 Å². The number of aromatic nitrogens is 2. The molecule has 0 saturated carbocycles. The summed E-state index contributed by atoms with van der Waals surface area (Å²) in [6.07, 6.45) is 6.22. The molecule has 0 fully saturated rings. The Kier molecular flexibility index (Phi) is 11.5. The first-order valence-electron chi connectivity index (χ1n) is 13.8. The average Bonchev–Trinajstić information content (AvgIpc) is 3.55. The van der Waals surface area contributed by atoms with Gasteiger partial charge in [-0.3, -0.25) is 0 Å². The van der Waals surface area contributed by atoms with E-state index in [9.17, 15) is 9.59 Å². The molecule has 0 unspecified atom stereocenters. The number of fused-ring (bicyclic) bond motifs is 3. The van der Waals surface area contributed by atoms with E-state index in [2.05, 4.69) is 34.9 Å². The normalized spacial score (nSPS) is 12.1. The molecule has 10 nitrogen and oxygen atoms in total. The fourth-order valence-electron chi connectivity index (χ4n) is 4.59. The van der Waals surface area contributed by atoms with Crippen LogP contribution in [-0.4, -0.2) is 76.0 Å². The zero-order valence-corrected chi connectivity index (χ0v) is 23.1. The van der Waals surface area contributed by atoms with Gasteiger partial charge in [0.2, 0.25) is 0 Å². The summed E-state index contributed by atoms with van der Waals surface area (Å²) in [5.74, 6) is 0.0543. The zero-order chi connectivity index (χ0) is 28.0. The van der Waals surface area contributed by atoms with Gasteiger partial charge < -0.3 is 29.6 Å². The minimum absolute atomic E-state index is 0.0543. The first kappa shape index (κ1) is 29.3. The van der Waals surface area contributed by atoms with Gasteiger partial charge in [-0.2, -0.15) is 4.57 Å². The van der Waals surface area contributed by atoms with Gasteiger partial charge in [0.05, 0.1) is 33.5 Å². The van der Waals surface area contributed by atoms with E-state index in [4.69, 9.17) is 18.9 Å². The van der Waals surface area contributed by atoms with Crippen LogP contribution in [0.1, 0.15) is 29.9 Å². The van der Waals surface area contributed by atoms with Crippen molar-refractivity contribution in [1.29, 1.82) is 0 Å². The number of rotatable bonds is 16. The number of nitrogens with zero attached hydrogens (tertiary/aromatic N) is 2. The van der Waals surface area contributed by atoms with Crippen LogP contribution in [0.2, 0.25) is 0 Å². The number of hydrogen-bond acceptors (Lipinski definition) is 6. The van der Waals surface area contributed by atoms with Gasteiger partial charge in [0, 0.05) is 32.2 Å². The summed E-state index contributed by atoms with van der Waals surface area (Å²) in [5, 5.41) is 5.63. The standard InChI is InChI=1S/C30H38N4O6/c1-33-14-15-34(23-33)29(35)31-12-6-16-37-18-20-39-21-19-38-17-7-13-32-30(36)40-22-28-26-10-4-2-8-24(26)25-9-3-5-11-27(25)28/h2-5,8-11,14-15,23,28H,6-7,12-13,16-22H2,1H3,(H-,31,32,35,36)/p+1. The van der Waals surface area contributed by atoms with E-state index in [0.29, 0.717) is 65.8 Å². The van der Waals surface area contributed by atoms with Crippen molar-refractivity contribution in [2.45, 2.75) is 18.8 Å². The molecule has 1 heterocycles. The molecule has 0 spiro atoms. The largest absolute Gasteiger partial charge is 0.449 e. The number of carbonyl (C=O) groups excluding carboxylic acids is 2. The molecule has 0 aliphatic heterocycles. The van der Waals surface area contributed by atoms with E-state index in [-0.39, 0.29) is 11.9 Å². The van der Waals surface area contributed by atoms with Crippen LogP contribution in [0.5, 0.6) is 0 Å². The van der Waals surface area contributed by atoms with Crippen molar-refractivity contribution in [2.75, 3.05) is 59.3 Å². The Hall–Kier alpha value is -3.73. The van der Waals surface area contributed by atoms with Crippen molar-refractivity contribution in [3.05, 3.63) is 78.4 Å². The lowest BCUT2D eigenvalue weighted by Gasteiger charge is -2.14. The predicted molar refractivity (Wildman–Crippen MR) is 149 cm³/mol. The van der Waals surface area contributed by atoms with Gasteiger partial charge >= 0.3 is 12.1 Å². The molecule has 3 aromatic rings. The van der Waals surface area contributed by atoms with E-state index in [1.165, 1.54) is 26.8 Å². The quantitative estimate of drug-likeness (QED) is 0.209. The second-order valence-corrected chi connectivity index (χ2v) is 9.51. The molecular formula is C30H39N4O6+. The van der Waals surface area contributed by atoms with Gasteiger partial charge in [-0.25, -0.2) is 14.2 Å². The molecule has 2 N–H and O–H groups in total. The molecule has 0 atom stereocenters. The first-order chi connectivity index (χ1) is 19.6. The fraction of sp³-hybridized carbons (Fsp3) is 0.433. The number of hydrogen-bond donors (Lipinski definition) is 2. The molecule has 1 aromatic heterocycles. The van der Waals surface area contributed by atoms with Gasteiger partial charge in [0.25, 0.3) is 6.33 Å². The van der Waals surface area contributed by atoms with Crippen molar-refractivity contribution in [3.8, 4) is 11.1 Å². The monoisotopic (exact) mass is 551 g/mol. The second kappa shape index (κ2) is 15.8. The molecule has 214 valence electrons. The van der Waals surface area contributed by atoms with Crippen LogP contribution >= 0.6 is 0 Å². The molecular weight excluding hydrogens is 512 g/mol. The number of carbonyl (C=O) groups is 2. The van der Waals surface area contributed by atoms with Crippen LogP contribution in [0.15, 0.2) is 67.3 Å². The Morgan fingerprint density at radius 3 is 1.93 bits per heavy atom. The van der Waals surface area contributed by atoms with Crippen LogP contribution in [0.25, 0.3) is 11.1 Å². The summed E-state index contributed by atoms with van der Waals surface area (Å²) >= 11 is 0. The van der Waals surface area contributed by atoms with Gasteiger partial charge in [0.1, 0.15) is 19.0 Å². The minimum atomic E-state index is -0.414. The minimum Gasteiger partial charge on any atom is -0.449 e. The van der Waals surface area contributed by atoms with E-state index in [0.717, 1.165) is 6.42 Å². The molecule has 0 bridgehead atoms. The molecule has 0 radical (unpaired) electrons. The topological polar surface area (TPSA) is 104 Å². The van der Waals surface area contributed by atoms with E-state index in [1.807, 2.05) is 31.3 Å². The van der Waals surface area contributed by atoms with Gasteiger partial charge in [-0.15, -0.1) is 0 Å². The van der Waals surface area contributed by atoms with Crippen LogP contribution in [0, 0.1) is 0 Å². The SMILES string of the molecule is C[n+]1ccn(C(=O)NCCCOCCOCCOCCCNC(=O)OCC2c3ccccc3-c3ccccc32)c1. The van der Waals surface area contributed by atoms with Crippen LogP contribution < -0.4 is 15.2 Å². The summed E-state index contributed by atoms with van der Waals surface area (Å²) in [6, 6.07) is 16.4. The number of aryl methyl sites for hydroxylation is 1. The maximum atomic E-state index is 12.2. The Balaban J connectivity index is 0.939. The maximum absolute atomic E-state index is 12.2. The zero-order valence-electron chi connectivity index (χ0n) is 23.1. The highest BCUT2D eigenvalue weighted by molar-refractivity contribution is 5.79. The Morgan fingerprint density at radius 1 is 0.800 bits per heavy atom. The van der Waals surface area contributed by atoms with Gasteiger partial charge in [-0.05, 0) is 35.1 Å². The van der Waals surface area contributed by atoms with Crippen LogP contribution in [-0.2, 0) is 26.0 Å². The number of imidazole rings is 1. The molecule has 0 saturated heterocycles.